The third-order valence-corrected chi connectivity index (χ3v) is 4.10. The fraction of sp³-hybridized carbons (Fsp3) is 0.167. The fourth-order valence-corrected chi connectivity index (χ4v) is 2.56. The van der Waals surface area contributed by atoms with Crippen LogP contribution >= 0.6 is 11.6 Å². The van der Waals surface area contributed by atoms with Crippen molar-refractivity contribution < 1.29 is 14.3 Å². The molecular formula is C18H16ClN3O3. The predicted molar refractivity (Wildman–Crippen MR) is 94.3 cm³/mol. The summed E-state index contributed by atoms with van der Waals surface area (Å²) < 4.78 is 5.22. The van der Waals surface area contributed by atoms with Gasteiger partial charge in [-0.05, 0) is 24.6 Å². The first-order chi connectivity index (χ1) is 12.1. The van der Waals surface area contributed by atoms with Gasteiger partial charge in [0, 0.05) is 17.0 Å². The molecule has 128 valence electrons. The maximum atomic E-state index is 12.3. The van der Waals surface area contributed by atoms with Crippen molar-refractivity contribution in [2.75, 3.05) is 0 Å². The number of amides is 1. The van der Waals surface area contributed by atoms with E-state index in [0.717, 1.165) is 11.1 Å². The Bertz CT molecular complexity index is 923. The van der Waals surface area contributed by atoms with E-state index in [1.807, 2.05) is 24.3 Å². The number of aromatic amines is 1. The molecule has 7 heteroatoms. The van der Waals surface area contributed by atoms with Gasteiger partial charge in [0.2, 0.25) is 0 Å². The van der Waals surface area contributed by atoms with Gasteiger partial charge in [0.05, 0.1) is 5.52 Å². The minimum Gasteiger partial charge on any atom is -0.448 e. The molecule has 3 aromatic rings. The summed E-state index contributed by atoms with van der Waals surface area (Å²) in [6, 6.07) is 14.4. The van der Waals surface area contributed by atoms with Gasteiger partial charge in [-0.3, -0.25) is 9.89 Å². The molecule has 0 fully saturated rings. The molecule has 1 amide bonds. The van der Waals surface area contributed by atoms with Gasteiger partial charge in [-0.15, -0.1) is 0 Å². The van der Waals surface area contributed by atoms with Gasteiger partial charge in [-0.25, -0.2) is 4.79 Å². The van der Waals surface area contributed by atoms with Crippen molar-refractivity contribution in [3.05, 3.63) is 64.8 Å². The van der Waals surface area contributed by atoms with Crippen molar-refractivity contribution in [2.24, 2.45) is 0 Å². The molecule has 0 saturated heterocycles. The molecular weight excluding hydrogens is 342 g/mol. The van der Waals surface area contributed by atoms with Crippen molar-refractivity contribution in [2.45, 2.75) is 19.6 Å². The molecule has 1 atom stereocenters. The molecule has 0 spiro atoms. The van der Waals surface area contributed by atoms with Crippen LogP contribution in [0.5, 0.6) is 0 Å². The number of nitrogens with one attached hydrogen (secondary N) is 2. The van der Waals surface area contributed by atoms with E-state index < -0.39 is 18.0 Å². The van der Waals surface area contributed by atoms with Crippen LogP contribution in [0.15, 0.2) is 48.5 Å². The Labute approximate surface area is 149 Å². The molecule has 0 radical (unpaired) electrons. The first-order valence-corrected chi connectivity index (χ1v) is 8.09. The summed E-state index contributed by atoms with van der Waals surface area (Å²) in [6.45, 7) is 1.76. The average molecular weight is 358 g/mol. The molecule has 1 heterocycles. The van der Waals surface area contributed by atoms with E-state index in [1.54, 1.807) is 24.3 Å². The maximum Gasteiger partial charge on any atom is 0.360 e. The van der Waals surface area contributed by atoms with Crippen LogP contribution in [0.4, 0.5) is 0 Å². The van der Waals surface area contributed by atoms with E-state index in [9.17, 15) is 9.59 Å². The van der Waals surface area contributed by atoms with Gasteiger partial charge in [0.25, 0.3) is 5.91 Å². The normalized spacial score (nSPS) is 11.9. The monoisotopic (exact) mass is 357 g/mol. The lowest BCUT2D eigenvalue weighted by molar-refractivity contribution is -0.129. The van der Waals surface area contributed by atoms with Crippen LogP contribution in [0.25, 0.3) is 10.9 Å². The van der Waals surface area contributed by atoms with Crippen LogP contribution in [0.1, 0.15) is 23.0 Å². The van der Waals surface area contributed by atoms with Gasteiger partial charge >= 0.3 is 5.97 Å². The molecule has 2 aromatic carbocycles. The molecule has 1 unspecified atom stereocenters. The number of benzene rings is 2. The molecule has 2 N–H and O–H groups in total. The quantitative estimate of drug-likeness (QED) is 0.687. The van der Waals surface area contributed by atoms with Crippen LogP contribution in [0, 0.1) is 0 Å². The van der Waals surface area contributed by atoms with E-state index in [0.29, 0.717) is 10.4 Å². The molecule has 0 aliphatic heterocycles. The molecule has 25 heavy (non-hydrogen) atoms. The summed E-state index contributed by atoms with van der Waals surface area (Å²) in [7, 11) is 0. The van der Waals surface area contributed by atoms with Crippen LogP contribution in [-0.2, 0) is 16.1 Å². The van der Waals surface area contributed by atoms with Crippen LogP contribution < -0.4 is 5.32 Å². The SMILES string of the molecule is CC(OC(=O)c1n[nH]c2ccccc12)C(=O)NCc1ccccc1Cl. The van der Waals surface area contributed by atoms with Gasteiger partial charge in [0.1, 0.15) is 0 Å². The molecule has 0 aliphatic rings. The average Bonchev–Trinajstić information content (AvgIpc) is 3.05. The van der Waals surface area contributed by atoms with Crippen LogP contribution in [0.2, 0.25) is 5.02 Å². The van der Waals surface area contributed by atoms with Crippen LogP contribution in [0.3, 0.4) is 0 Å². The highest BCUT2D eigenvalue weighted by molar-refractivity contribution is 6.31. The first-order valence-electron chi connectivity index (χ1n) is 7.71. The summed E-state index contributed by atoms with van der Waals surface area (Å²) in [5.74, 6) is -1.06. The number of esters is 1. The number of hydrogen-bond acceptors (Lipinski definition) is 4. The standard InChI is InChI=1S/C18H16ClN3O3/c1-11(17(23)20-10-12-6-2-4-8-14(12)19)25-18(24)16-13-7-3-5-9-15(13)21-22-16/h2-9,11H,10H2,1H3,(H,20,23)(H,21,22). The minimum atomic E-state index is -0.953. The number of halogens is 1. The molecule has 0 bridgehead atoms. The summed E-state index contributed by atoms with van der Waals surface area (Å²) in [5.41, 5.74) is 1.67. The summed E-state index contributed by atoms with van der Waals surface area (Å²) in [6.07, 6.45) is -0.953. The topological polar surface area (TPSA) is 84.1 Å². The Kier molecular flexibility index (Phi) is 5.00. The lowest BCUT2D eigenvalue weighted by atomic mass is 10.2. The van der Waals surface area contributed by atoms with E-state index in [2.05, 4.69) is 15.5 Å². The second-order valence-electron chi connectivity index (χ2n) is 5.47. The third-order valence-electron chi connectivity index (χ3n) is 3.73. The van der Waals surface area contributed by atoms with Crippen molar-refractivity contribution in [1.29, 1.82) is 0 Å². The van der Waals surface area contributed by atoms with Crippen LogP contribution in [-0.4, -0.2) is 28.2 Å². The van der Waals surface area contributed by atoms with E-state index in [-0.39, 0.29) is 12.2 Å². The first kappa shape index (κ1) is 17.0. The minimum absolute atomic E-state index is 0.154. The summed E-state index contributed by atoms with van der Waals surface area (Å²) in [5, 5.41) is 10.6. The number of H-pyrrole nitrogens is 1. The third kappa shape index (κ3) is 3.80. The van der Waals surface area contributed by atoms with E-state index >= 15 is 0 Å². The van der Waals surface area contributed by atoms with Crippen molar-refractivity contribution in [3.63, 3.8) is 0 Å². The molecule has 0 saturated carbocycles. The Morgan fingerprint density at radius 2 is 1.92 bits per heavy atom. The smallest absolute Gasteiger partial charge is 0.360 e. The number of carbonyl (C=O) groups is 2. The Morgan fingerprint density at radius 1 is 1.20 bits per heavy atom. The highest BCUT2D eigenvalue weighted by Crippen LogP contribution is 2.17. The summed E-state index contributed by atoms with van der Waals surface area (Å²) >= 11 is 6.05. The van der Waals surface area contributed by atoms with E-state index in [1.165, 1.54) is 6.92 Å². The van der Waals surface area contributed by atoms with Crippen molar-refractivity contribution in [3.8, 4) is 0 Å². The number of carbonyl (C=O) groups excluding carboxylic acids is 2. The lowest BCUT2D eigenvalue weighted by Gasteiger charge is -2.13. The highest BCUT2D eigenvalue weighted by atomic mass is 35.5. The number of aromatic nitrogens is 2. The number of fused-ring (bicyclic) bond motifs is 1. The molecule has 1 aromatic heterocycles. The van der Waals surface area contributed by atoms with Gasteiger partial charge in [0.15, 0.2) is 11.8 Å². The zero-order chi connectivity index (χ0) is 17.8. The zero-order valence-electron chi connectivity index (χ0n) is 13.5. The predicted octanol–water partition coefficient (Wildman–Crippen LogP) is 3.08. The number of para-hydroxylation sites is 1. The number of rotatable bonds is 5. The van der Waals surface area contributed by atoms with Crippen molar-refractivity contribution >= 4 is 34.4 Å². The fourth-order valence-electron chi connectivity index (χ4n) is 2.36. The Balaban J connectivity index is 1.61. The Morgan fingerprint density at radius 3 is 2.72 bits per heavy atom. The van der Waals surface area contributed by atoms with Gasteiger partial charge in [-0.1, -0.05) is 48.0 Å². The molecule has 3 rings (SSSR count). The lowest BCUT2D eigenvalue weighted by Crippen LogP contribution is -2.35. The molecule has 0 aliphatic carbocycles. The van der Waals surface area contributed by atoms with Crippen molar-refractivity contribution in [1.82, 2.24) is 15.5 Å². The van der Waals surface area contributed by atoms with E-state index in [4.69, 9.17) is 16.3 Å². The Hall–Kier alpha value is -2.86. The summed E-state index contributed by atoms with van der Waals surface area (Å²) in [4.78, 5) is 24.4. The number of nitrogens with zero attached hydrogens (tertiary/aromatic N) is 1. The maximum absolute atomic E-state index is 12.3. The number of hydrogen-bond donors (Lipinski definition) is 2. The largest absolute Gasteiger partial charge is 0.448 e. The highest BCUT2D eigenvalue weighted by Gasteiger charge is 2.22. The second-order valence-corrected chi connectivity index (χ2v) is 5.88. The second kappa shape index (κ2) is 7.36. The number of ether oxygens (including phenoxy) is 1. The van der Waals surface area contributed by atoms with Gasteiger partial charge < -0.3 is 10.1 Å². The molecule has 6 nitrogen and oxygen atoms in total. The zero-order valence-corrected chi connectivity index (χ0v) is 14.2. The van der Waals surface area contributed by atoms with Gasteiger partial charge in [-0.2, -0.15) is 5.10 Å².